The molecular weight excluding hydrogens is 288 g/mol. The van der Waals surface area contributed by atoms with Crippen LogP contribution in [0, 0.1) is 5.41 Å². The van der Waals surface area contributed by atoms with E-state index < -0.39 is 10.0 Å². The maximum Gasteiger partial charge on any atom is 0.260 e. The molecule has 0 amide bonds. The Hall–Kier alpha value is -0.920. The number of piperidine rings is 2. The van der Waals surface area contributed by atoms with Gasteiger partial charge in [-0.3, -0.25) is 0 Å². The average molecular weight is 312 g/mol. The van der Waals surface area contributed by atoms with Crippen LogP contribution < -0.4 is 5.32 Å². The molecule has 2 saturated heterocycles. The average Bonchev–Trinajstić information content (AvgIpc) is 2.98. The zero-order valence-corrected chi connectivity index (χ0v) is 13.4. The zero-order valence-electron chi connectivity index (χ0n) is 12.6. The van der Waals surface area contributed by atoms with E-state index in [-0.39, 0.29) is 10.4 Å². The van der Waals surface area contributed by atoms with Gasteiger partial charge in [-0.1, -0.05) is 6.92 Å². The van der Waals surface area contributed by atoms with Gasteiger partial charge >= 0.3 is 0 Å². The summed E-state index contributed by atoms with van der Waals surface area (Å²) < 4.78 is 27.2. The highest BCUT2D eigenvalue weighted by Crippen LogP contribution is 2.37. The molecule has 1 unspecified atom stereocenters. The largest absolute Gasteiger partial charge is 0.332 e. The Kier molecular flexibility index (Phi) is 4.07. The van der Waals surface area contributed by atoms with Crippen molar-refractivity contribution in [3.05, 3.63) is 12.0 Å². The fourth-order valence-corrected chi connectivity index (χ4v) is 5.06. The molecule has 7 heteroatoms. The van der Waals surface area contributed by atoms with Crippen molar-refractivity contribution in [2.45, 2.75) is 44.1 Å². The van der Waals surface area contributed by atoms with Crippen molar-refractivity contribution in [2.75, 3.05) is 26.2 Å². The Morgan fingerprint density at radius 3 is 2.86 bits per heavy atom. The lowest BCUT2D eigenvalue weighted by Gasteiger charge is -2.44. The highest BCUT2D eigenvalue weighted by Gasteiger charge is 2.41. The van der Waals surface area contributed by atoms with Crippen LogP contribution in [0.2, 0.25) is 0 Å². The van der Waals surface area contributed by atoms with Crippen molar-refractivity contribution in [1.29, 1.82) is 0 Å². The number of sulfonamides is 1. The molecule has 0 bridgehead atoms. The number of hydrogen-bond donors (Lipinski definition) is 2. The molecule has 3 heterocycles. The van der Waals surface area contributed by atoms with Crippen molar-refractivity contribution in [3.63, 3.8) is 0 Å². The van der Waals surface area contributed by atoms with E-state index in [1.165, 1.54) is 6.20 Å². The summed E-state index contributed by atoms with van der Waals surface area (Å²) in [6, 6.07) is 0. The minimum absolute atomic E-state index is 0.122. The zero-order chi connectivity index (χ0) is 14.9. The fraction of sp³-hybridized carbons (Fsp3) is 0.786. The van der Waals surface area contributed by atoms with Gasteiger partial charge in [0.25, 0.3) is 10.0 Å². The van der Waals surface area contributed by atoms with Crippen LogP contribution in [-0.4, -0.2) is 48.9 Å². The molecule has 1 spiro atoms. The number of nitrogens with one attached hydrogen (secondary N) is 2. The minimum atomic E-state index is -3.44. The van der Waals surface area contributed by atoms with Gasteiger partial charge in [-0.25, -0.2) is 13.4 Å². The number of aromatic nitrogens is 2. The van der Waals surface area contributed by atoms with Gasteiger partial charge in [0.15, 0.2) is 5.03 Å². The molecule has 2 N–H and O–H groups in total. The molecule has 0 radical (unpaired) electrons. The Morgan fingerprint density at radius 2 is 2.19 bits per heavy atom. The first-order valence-corrected chi connectivity index (χ1v) is 9.25. The number of H-pyrrole nitrogens is 1. The first kappa shape index (κ1) is 15.0. The van der Waals surface area contributed by atoms with E-state index in [1.807, 2.05) is 6.92 Å². The highest BCUT2D eigenvalue weighted by atomic mass is 32.2. The van der Waals surface area contributed by atoms with Crippen LogP contribution in [0.1, 0.15) is 38.4 Å². The first-order chi connectivity index (χ1) is 10.1. The Bertz CT molecular complexity index is 584. The molecule has 0 aromatic carbocycles. The van der Waals surface area contributed by atoms with E-state index >= 15 is 0 Å². The highest BCUT2D eigenvalue weighted by molar-refractivity contribution is 7.89. The molecule has 0 saturated carbocycles. The van der Waals surface area contributed by atoms with E-state index in [9.17, 15) is 8.42 Å². The molecular formula is C14H24N4O2S. The summed E-state index contributed by atoms with van der Waals surface area (Å²) in [6.07, 6.45) is 6.48. The number of aromatic amines is 1. The summed E-state index contributed by atoms with van der Waals surface area (Å²) >= 11 is 0. The van der Waals surface area contributed by atoms with Crippen LogP contribution in [0.3, 0.4) is 0 Å². The number of imidazole rings is 1. The van der Waals surface area contributed by atoms with E-state index in [0.717, 1.165) is 44.6 Å². The molecule has 118 valence electrons. The van der Waals surface area contributed by atoms with Crippen LogP contribution in [0.5, 0.6) is 0 Å². The molecule has 6 nitrogen and oxygen atoms in total. The van der Waals surface area contributed by atoms with E-state index in [1.54, 1.807) is 4.31 Å². The normalized spacial score (nSPS) is 28.0. The van der Waals surface area contributed by atoms with Gasteiger partial charge in [-0.15, -0.1) is 0 Å². The predicted octanol–water partition coefficient (Wildman–Crippen LogP) is 1.13. The quantitative estimate of drug-likeness (QED) is 0.877. The van der Waals surface area contributed by atoms with Crippen LogP contribution in [0.4, 0.5) is 0 Å². The van der Waals surface area contributed by atoms with Crippen LogP contribution >= 0.6 is 0 Å². The Balaban J connectivity index is 1.81. The van der Waals surface area contributed by atoms with Gasteiger partial charge in [-0.05, 0) is 37.6 Å². The lowest BCUT2D eigenvalue weighted by atomic mass is 9.75. The molecule has 2 fully saturated rings. The van der Waals surface area contributed by atoms with Crippen molar-refractivity contribution in [3.8, 4) is 0 Å². The maximum atomic E-state index is 12.8. The van der Waals surface area contributed by atoms with Crippen molar-refractivity contribution < 1.29 is 8.42 Å². The van der Waals surface area contributed by atoms with Crippen molar-refractivity contribution in [2.24, 2.45) is 5.41 Å². The standard InChI is InChI=1S/C14H24N4O2S/c1-2-12-16-9-13(17-12)21(19,20)18-8-4-6-14(11-18)5-3-7-15-10-14/h9,15H,2-8,10-11H2,1H3,(H,16,17). The molecule has 21 heavy (non-hydrogen) atoms. The monoisotopic (exact) mass is 312 g/mol. The topological polar surface area (TPSA) is 78.1 Å². The number of aryl methyl sites for hydroxylation is 1. The summed E-state index contributed by atoms with van der Waals surface area (Å²) in [5, 5.41) is 3.66. The van der Waals surface area contributed by atoms with E-state index in [2.05, 4.69) is 15.3 Å². The van der Waals surface area contributed by atoms with Gasteiger partial charge in [0.1, 0.15) is 5.82 Å². The Labute approximate surface area is 126 Å². The summed E-state index contributed by atoms with van der Waals surface area (Å²) in [5.74, 6) is 0.722. The van der Waals surface area contributed by atoms with Gasteiger partial charge < -0.3 is 10.3 Å². The summed E-state index contributed by atoms with van der Waals surface area (Å²) in [5.41, 5.74) is 0.122. The molecule has 1 aromatic rings. The number of nitrogens with zero attached hydrogens (tertiary/aromatic N) is 2. The summed E-state index contributed by atoms with van der Waals surface area (Å²) in [6.45, 7) is 5.18. The number of hydrogen-bond acceptors (Lipinski definition) is 4. The van der Waals surface area contributed by atoms with Gasteiger partial charge in [0.05, 0.1) is 6.20 Å². The van der Waals surface area contributed by atoms with Gasteiger partial charge in [-0.2, -0.15) is 4.31 Å². The fourth-order valence-electron chi connectivity index (χ4n) is 3.54. The third-order valence-electron chi connectivity index (χ3n) is 4.74. The molecule has 1 atom stereocenters. The van der Waals surface area contributed by atoms with Gasteiger partial charge in [0.2, 0.25) is 0 Å². The molecule has 2 aliphatic rings. The predicted molar refractivity (Wildman–Crippen MR) is 80.5 cm³/mol. The lowest BCUT2D eigenvalue weighted by molar-refractivity contribution is 0.110. The van der Waals surface area contributed by atoms with Crippen molar-refractivity contribution in [1.82, 2.24) is 19.6 Å². The summed E-state index contributed by atoms with van der Waals surface area (Å²) in [4.78, 5) is 7.06. The SMILES string of the molecule is CCc1ncc(S(=O)(=O)N2CCCC3(CCCNC3)C2)[nH]1. The summed E-state index contributed by atoms with van der Waals surface area (Å²) in [7, 11) is -3.44. The van der Waals surface area contributed by atoms with E-state index in [0.29, 0.717) is 19.5 Å². The maximum absolute atomic E-state index is 12.8. The molecule has 2 aliphatic heterocycles. The minimum Gasteiger partial charge on any atom is -0.332 e. The first-order valence-electron chi connectivity index (χ1n) is 7.80. The van der Waals surface area contributed by atoms with Crippen molar-refractivity contribution >= 4 is 10.0 Å². The third kappa shape index (κ3) is 2.86. The second-order valence-electron chi connectivity index (χ2n) is 6.27. The lowest BCUT2D eigenvalue weighted by Crippen LogP contribution is -2.52. The Morgan fingerprint density at radius 1 is 1.38 bits per heavy atom. The van der Waals surface area contributed by atoms with Crippen LogP contribution in [0.15, 0.2) is 11.2 Å². The second kappa shape index (κ2) is 5.70. The third-order valence-corrected chi connectivity index (χ3v) is 6.50. The molecule has 3 rings (SSSR count). The van der Waals surface area contributed by atoms with Crippen LogP contribution in [-0.2, 0) is 16.4 Å². The molecule has 0 aliphatic carbocycles. The molecule has 1 aromatic heterocycles. The van der Waals surface area contributed by atoms with Crippen LogP contribution in [0.25, 0.3) is 0 Å². The number of rotatable bonds is 3. The smallest absolute Gasteiger partial charge is 0.260 e. The van der Waals surface area contributed by atoms with Gasteiger partial charge in [0, 0.05) is 26.1 Å². The van der Waals surface area contributed by atoms with E-state index in [4.69, 9.17) is 0 Å². The second-order valence-corrected chi connectivity index (χ2v) is 8.18.